The third-order valence-corrected chi connectivity index (χ3v) is 4.26. The smallest absolute Gasteiger partial charge is 0.0858 e. The molecule has 1 fully saturated rings. The molecular formula is C18H30N2O. The fourth-order valence-corrected chi connectivity index (χ4v) is 2.94. The Labute approximate surface area is 129 Å². The van der Waals surface area contributed by atoms with Gasteiger partial charge < -0.3 is 10.1 Å². The zero-order chi connectivity index (χ0) is 15.1. The van der Waals surface area contributed by atoms with Crippen LogP contribution in [-0.2, 0) is 11.2 Å². The number of ether oxygens (including phenoxy) is 1. The van der Waals surface area contributed by atoms with E-state index in [4.69, 9.17) is 4.74 Å². The van der Waals surface area contributed by atoms with Crippen molar-refractivity contribution in [3.05, 3.63) is 35.9 Å². The van der Waals surface area contributed by atoms with E-state index in [1.54, 1.807) is 0 Å². The lowest BCUT2D eigenvalue weighted by Gasteiger charge is -2.39. The fourth-order valence-electron chi connectivity index (χ4n) is 2.94. The zero-order valence-corrected chi connectivity index (χ0v) is 13.7. The highest BCUT2D eigenvalue weighted by Crippen LogP contribution is 2.15. The summed E-state index contributed by atoms with van der Waals surface area (Å²) in [4.78, 5) is 2.53. The van der Waals surface area contributed by atoms with Gasteiger partial charge in [0.1, 0.15) is 0 Å². The maximum absolute atomic E-state index is 6.09. The van der Waals surface area contributed by atoms with Gasteiger partial charge in [0.25, 0.3) is 0 Å². The number of nitrogens with one attached hydrogen (secondary N) is 1. The molecular weight excluding hydrogens is 260 g/mol. The maximum atomic E-state index is 6.09. The molecule has 3 nitrogen and oxygen atoms in total. The lowest BCUT2D eigenvalue weighted by atomic mass is 9.99. The van der Waals surface area contributed by atoms with Crippen LogP contribution in [0, 0.1) is 0 Å². The summed E-state index contributed by atoms with van der Waals surface area (Å²) < 4.78 is 6.09. The zero-order valence-electron chi connectivity index (χ0n) is 13.7. The third-order valence-electron chi connectivity index (χ3n) is 4.26. The van der Waals surface area contributed by atoms with E-state index in [2.05, 4.69) is 61.3 Å². The number of nitrogens with zero attached hydrogens (tertiary/aromatic N) is 1. The van der Waals surface area contributed by atoms with Gasteiger partial charge in [0.15, 0.2) is 0 Å². The predicted octanol–water partition coefficient (Wildman–Crippen LogP) is 2.71. The number of hydrogen-bond donors (Lipinski definition) is 1. The molecule has 0 aliphatic carbocycles. The van der Waals surface area contributed by atoms with E-state index in [9.17, 15) is 0 Å². The quantitative estimate of drug-likeness (QED) is 0.835. The predicted molar refractivity (Wildman–Crippen MR) is 88.7 cm³/mol. The van der Waals surface area contributed by atoms with Crippen LogP contribution in [0.3, 0.4) is 0 Å². The van der Waals surface area contributed by atoms with Crippen molar-refractivity contribution in [2.75, 3.05) is 26.2 Å². The minimum absolute atomic E-state index is 0.285. The van der Waals surface area contributed by atoms with E-state index < -0.39 is 0 Å². The number of benzene rings is 1. The molecule has 1 N–H and O–H groups in total. The second-order valence-corrected chi connectivity index (χ2v) is 6.25. The van der Waals surface area contributed by atoms with Crippen molar-refractivity contribution in [2.24, 2.45) is 0 Å². The molecule has 1 aromatic carbocycles. The van der Waals surface area contributed by atoms with Crippen LogP contribution in [0.2, 0.25) is 0 Å². The minimum atomic E-state index is 0.285. The van der Waals surface area contributed by atoms with E-state index in [1.807, 2.05) is 0 Å². The first-order chi connectivity index (χ1) is 10.2. The van der Waals surface area contributed by atoms with Crippen LogP contribution in [0.15, 0.2) is 30.3 Å². The minimum Gasteiger partial charge on any atom is -0.374 e. The number of hydrogen-bond acceptors (Lipinski definition) is 3. The SMILES string of the molecule is CCCNC(Cc1ccccc1)C1CN(C(C)C)CCO1. The van der Waals surface area contributed by atoms with Gasteiger partial charge in [-0.05, 0) is 38.8 Å². The van der Waals surface area contributed by atoms with Crippen LogP contribution < -0.4 is 5.32 Å². The standard InChI is InChI=1S/C18H30N2O/c1-4-10-19-17(13-16-8-6-5-7-9-16)18-14-20(15(2)3)11-12-21-18/h5-9,15,17-19H,4,10-14H2,1-3H3. The maximum Gasteiger partial charge on any atom is 0.0858 e. The summed E-state index contributed by atoms with van der Waals surface area (Å²) >= 11 is 0. The molecule has 1 aromatic rings. The van der Waals surface area contributed by atoms with Gasteiger partial charge in [0.2, 0.25) is 0 Å². The monoisotopic (exact) mass is 290 g/mol. The van der Waals surface area contributed by atoms with Gasteiger partial charge in [-0.15, -0.1) is 0 Å². The normalized spacial score (nSPS) is 21.6. The molecule has 2 rings (SSSR count). The van der Waals surface area contributed by atoms with E-state index in [-0.39, 0.29) is 6.10 Å². The molecule has 3 heteroatoms. The van der Waals surface area contributed by atoms with Gasteiger partial charge in [-0.25, -0.2) is 0 Å². The van der Waals surface area contributed by atoms with Crippen LogP contribution in [0.1, 0.15) is 32.8 Å². The van der Waals surface area contributed by atoms with Gasteiger partial charge in [-0.2, -0.15) is 0 Å². The van der Waals surface area contributed by atoms with Crippen LogP contribution >= 0.6 is 0 Å². The van der Waals surface area contributed by atoms with Crippen molar-refractivity contribution in [2.45, 2.75) is 51.8 Å². The van der Waals surface area contributed by atoms with Crippen molar-refractivity contribution < 1.29 is 4.74 Å². The van der Waals surface area contributed by atoms with Crippen molar-refractivity contribution in [1.29, 1.82) is 0 Å². The summed E-state index contributed by atoms with van der Waals surface area (Å²) in [5.74, 6) is 0. The van der Waals surface area contributed by atoms with Gasteiger partial charge in [-0.1, -0.05) is 37.3 Å². The summed E-state index contributed by atoms with van der Waals surface area (Å²) in [5.41, 5.74) is 1.39. The molecule has 1 heterocycles. The lowest BCUT2D eigenvalue weighted by molar-refractivity contribution is -0.0551. The second-order valence-electron chi connectivity index (χ2n) is 6.25. The molecule has 0 spiro atoms. The average molecular weight is 290 g/mol. The molecule has 2 unspecified atom stereocenters. The highest BCUT2D eigenvalue weighted by molar-refractivity contribution is 5.16. The molecule has 1 saturated heterocycles. The third kappa shape index (κ3) is 5.10. The van der Waals surface area contributed by atoms with E-state index in [0.29, 0.717) is 12.1 Å². The van der Waals surface area contributed by atoms with Gasteiger partial charge in [0.05, 0.1) is 12.7 Å². The lowest BCUT2D eigenvalue weighted by Crippen LogP contribution is -2.54. The molecule has 0 bridgehead atoms. The highest BCUT2D eigenvalue weighted by Gasteiger charge is 2.28. The summed E-state index contributed by atoms with van der Waals surface area (Å²) in [5, 5.41) is 3.70. The fraction of sp³-hybridized carbons (Fsp3) is 0.667. The Morgan fingerprint density at radius 2 is 2.05 bits per heavy atom. The molecule has 118 valence electrons. The highest BCUT2D eigenvalue weighted by atomic mass is 16.5. The summed E-state index contributed by atoms with van der Waals surface area (Å²) in [7, 11) is 0. The molecule has 1 aliphatic heterocycles. The van der Waals surface area contributed by atoms with Crippen molar-refractivity contribution >= 4 is 0 Å². The van der Waals surface area contributed by atoms with Crippen LogP contribution in [0.25, 0.3) is 0 Å². The Balaban J connectivity index is 2.00. The van der Waals surface area contributed by atoms with Gasteiger partial charge >= 0.3 is 0 Å². The van der Waals surface area contributed by atoms with Crippen molar-refractivity contribution in [3.8, 4) is 0 Å². The summed E-state index contributed by atoms with van der Waals surface area (Å²) in [6.07, 6.45) is 2.48. The van der Waals surface area contributed by atoms with Crippen molar-refractivity contribution in [1.82, 2.24) is 10.2 Å². The van der Waals surface area contributed by atoms with E-state index in [1.165, 1.54) is 5.56 Å². The topological polar surface area (TPSA) is 24.5 Å². The average Bonchev–Trinajstić information content (AvgIpc) is 2.52. The Kier molecular flexibility index (Phi) is 6.68. The first-order valence-electron chi connectivity index (χ1n) is 8.33. The molecule has 0 aromatic heterocycles. The first-order valence-corrected chi connectivity index (χ1v) is 8.33. The summed E-state index contributed by atoms with van der Waals surface area (Å²) in [6.45, 7) is 10.8. The molecule has 0 radical (unpaired) electrons. The van der Waals surface area contributed by atoms with Crippen molar-refractivity contribution in [3.63, 3.8) is 0 Å². The van der Waals surface area contributed by atoms with E-state index in [0.717, 1.165) is 39.1 Å². The Morgan fingerprint density at radius 3 is 2.71 bits per heavy atom. The largest absolute Gasteiger partial charge is 0.374 e. The Bertz CT molecular complexity index is 393. The molecule has 21 heavy (non-hydrogen) atoms. The number of rotatable bonds is 7. The second kappa shape index (κ2) is 8.52. The molecule has 1 aliphatic rings. The van der Waals surface area contributed by atoms with Gasteiger partial charge in [0, 0.05) is 25.2 Å². The molecule has 0 amide bonds. The van der Waals surface area contributed by atoms with Crippen LogP contribution in [0.4, 0.5) is 0 Å². The Hall–Kier alpha value is -0.900. The van der Waals surface area contributed by atoms with Crippen LogP contribution in [0.5, 0.6) is 0 Å². The molecule has 0 saturated carbocycles. The Morgan fingerprint density at radius 1 is 1.29 bits per heavy atom. The number of morpholine rings is 1. The first kappa shape index (κ1) is 16.5. The van der Waals surface area contributed by atoms with Gasteiger partial charge in [-0.3, -0.25) is 4.90 Å². The van der Waals surface area contributed by atoms with E-state index >= 15 is 0 Å². The summed E-state index contributed by atoms with van der Waals surface area (Å²) in [6, 6.07) is 11.7. The van der Waals surface area contributed by atoms with Crippen LogP contribution in [-0.4, -0.2) is 49.3 Å². The molecule has 2 atom stereocenters.